The number of rotatable bonds is 11. The summed E-state index contributed by atoms with van der Waals surface area (Å²) in [5.74, 6) is -3.58. The fourth-order valence-electron chi connectivity index (χ4n) is 3.69. The van der Waals surface area contributed by atoms with Gasteiger partial charge in [-0.05, 0) is 19.4 Å². The van der Waals surface area contributed by atoms with Crippen molar-refractivity contribution in [2.75, 3.05) is 17.2 Å². The smallest absolute Gasteiger partial charge is 0.347 e. The van der Waals surface area contributed by atoms with Gasteiger partial charge >= 0.3 is 5.97 Å². The number of carboxylic acid groups (broad SMARTS) is 2. The minimum atomic E-state index is -1.47. The number of thiazole rings is 1. The number of amides is 2. The number of hydrogen-bond donors (Lipinski definition) is 3. The van der Waals surface area contributed by atoms with Gasteiger partial charge < -0.3 is 30.9 Å². The average Bonchev–Trinajstić information content (AvgIpc) is 3.35. The molecule has 2 amide bonds. The number of fused-ring (bicyclic) bond motifs is 1. The normalized spacial score (nSPS) is 19.7. The monoisotopic (exact) mass is 592 g/mol. The van der Waals surface area contributed by atoms with E-state index >= 15 is 0 Å². The highest BCUT2D eigenvalue weighted by atomic mass is 32.2. The Hall–Kier alpha value is -3.63. The molecule has 0 radical (unpaired) electrons. The highest BCUT2D eigenvalue weighted by Crippen LogP contribution is 2.41. The lowest BCUT2D eigenvalue weighted by atomic mass is 10.0. The van der Waals surface area contributed by atoms with Crippen LogP contribution in [0.5, 0.6) is 0 Å². The second-order valence-electron chi connectivity index (χ2n) is 8.35. The van der Waals surface area contributed by atoms with Crippen LogP contribution in [0.25, 0.3) is 0 Å². The second-order valence-corrected chi connectivity index (χ2v) is 11.4. The Balaban J connectivity index is 1.49. The molecule has 39 heavy (non-hydrogen) atoms. The van der Waals surface area contributed by atoms with E-state index in [1.165, 1.54) is 35.8 Å². The minimum Gasteiger partial charge on any atom is -0.543 e. The number of anilines is 1. The molecule has 4 rings (SSSR count). The van der Waals surface area contributed by atoms with Gasteiger partial charge in [-0.2, -0.15) is 0 Å². The fraction of sp³-hybridized carbons (Fsp3) is 0.348. The molecule has 0 aliphatic carbocycles. The number of nitrogens with two attached hydrogens (primary N) is 1. The van der Waals surface area contributed by atoms with Crippen LogP contribution in [0, 0.1) is 0 Å². The van der Waals surface area contributed by atoms with E-state index in [1.54, 1.807) is 0 Å². The van der Waals surface area contributed by atoms with Crippen molar-refractivity contribution in [3.05, 3.63) is 46.9 Å². The van der Waals surface area contributed by atoms with Gasteiger partial charge in [-0.3, -0.25) is 14.5 Å². The maximum absolute atomic E-state index is 13.1. The quantitative estimate of drug-likeness (QED) is 0.0995. The van der Waals surface area contributed by atoms with Crippen LogP contribution < -0.4 is 20.7 Å². The Labute approximate surface area is 235 Å². The van der Waals surface area contributed by atoms with Crippen LogP contribution >= 0.6 is 34.9 Å². The summed E-state index contributed by atoms with van der Waals surface area (Å²) in [6, 6.07) is 2.81. The Bertz CT molecular complexity index is 1360. The van der Waals surface area contributed by atoms with Crippen molar-refractivity contribution in [2.24, 2.45) is 5.16 Å². The van der Waals surface area contributed by atoms with Crippen LogP contribution in [0.2, 0.25) is 0 Å². The molecule has 0 unspecified atom stereocenters. The van der Waals surface area contributed by atoms with E-state index in [-0.39, 0.29) is 22.2 Å². The van der Waals surface area contributed by atoms with E-state index in [9.17, 15) is 24.3 Å². The molecule has 4 N–H and O–H groups in total. The largest absolute Gasteiger partial charge is 0.543 e. The van der Waals surface area contributed by atoms with Crippen LogP contribution in [-0.2, 0) is 30.6 Å². The number of carboxylic acids is 2. The van der Waals surface area contributed by atoms with Gasteiger partial charge in [0.15, 0.2) is 23.2 Å². The summed E-state index contributed by atoms with van der Waals surface area (Å²) in [5, 5.41) is 28.2. The minimum absolute atomic E-state index is 0.0347. The molecule has 206 valence electrons. The Morgan fingerprint density at radius 3 is 2.72 bits per heavy atom. The molecular formula is C23H24N6O7S3. The number of aromatic nitrogens is 2. The number of hydrogen-bond acceptors (Lipinski definition) is 12. The third-order valence-electron chi connectivity index (χ3n) is 5.80. The number of nitrogens with one attached hydrogen (secondary N) is 1. The number of nitrogen functional groups attached to an aromatic ring is 1. The molecule has 0 bridgehead atoms. The number of thioether (sulfide) groups is 2. The van der Waals surface area contributed by atoms with Crippen LogP contribution in [0.15, 0.2) is 51.2 Å². The fourth-order valence-corrected chi connectivity index (χ4v) is 6.61. The van der Waals surface area contributed by atoms with E-state index < -0.39 is 41.3 Å². The number of oxime groups is 1. The Morgan fingerprint density at radius 2 is 2.13 bits per heavy atom. The molecule has 0 spiro atoms. The molecular weight excluding hydrogens is 568 g/mol. The first-order valence-corrected chi connectivity index (χ1v) is 14.5. The third kappa shape index (κ3) is 6.17. The van der Waals surface area contributed by atoms with Crippen LogP contribution in [0.1, 0.15) is 19.5 Å². The van der Waals surface area contributed by atoms with Crippen LogP contribution in [0.4, 0.5) is 5.13 Å². The molecule has 1 fully saturated rings. The predicted molar refractivity (Wildman–Crippen MR) is 141 cm³/mol. The molecule has 1 saturated heterocycles. The molecule has 0 aromatic carbocycles. The maximum atomic E-state index is 13.1. The van der Waals surface area contributed by atoms with Gasteiger partial charge in [0.05, 0.1) is 11.7 Å². The first-order valence-electron chi connectivity index (χ1n) is 11.6. The van der Waals surface area contributed by atoms with E-state index in [4.69, 9.17) is 15.7 Å². The topological polar surface area (TPSA) is 191 Å². The van der Waals surface area contributed by atoms with Crippen molar-refractivity contribution < 1.29 is 38.8 Å². The zero-order chi connectivity index (χ0) is 28.3. The molecule has 3 atom stereocenters. The van der Waals surface area contributed by atoms with E-state index in [2.05, 4.69) is 15.5 Å². The number of aliphatic carboxylic acids is 2. The van der Waals surface area contributed by atoms with Crippen molar-refractivity contribution in [3.63, 3.8) is 0 Å². The standard InChI is InChI=1S/C23H24N6O7S3/c1-3-28-6-4-13(5-7-28)37-8-12-9-38-20-16(19(31)29(20)17(12)22(34)35)26-18(30)15(14-10-39-23(24)25-14)27-36-11(2)21(32)33/h4-7,10-11,16,20H,3,8-9H2,1-2H3,(H4-,24,25,26,30,32,33,34,35)/b27-15-/t11-,16+,20+/m0/s1. The van der Waals surface area contributed by atoms with Gasteiger partial charge in [0.1, 0.15) is 23.7 Å². The van der Waals surface area contributed by atoms with Crippen molar-refractivity contribution >= 4 is 69.5 Å². The van der Waals surface area contributed by atoms with Gasteiger partial charge in [-0.15, -0.1) is 34.9 Å². The lowest BCUT2D eigenvalue weighted by Gasteiger charge is -2.50. The summed E-state index contributed by atoms with van der Waals surface area (Å²) in [4.78, 5) is 60.2. The van der Waals surface area contributed by atoms with Crippen molar-refractivity contribution in [1.29, 1.82) is 0 Å². The van der Waals surface area contributed by atoms with Crippen molar-refractivity contribution in [1.82, 2.24) is 15.2 Å². The second kappa shape index (κ2) is 12.0. The average molecular weight is 593 g/mol. The molecule has 16 heteroatoms. The zero-order valence-electron chi connectivity index (χ0n) is 20.7. The molecule has 2 aromatic rings. The summed E-state index contributed by atoms with van der Waals surface area (Å²) in [5.41, 5.74) is 5.67. The van der Waals surface area contributed by atoms with E-state index in [0.29, 0.717) is 17.1 Å². The number of β-lactam (4-membered cyclic amide) rings is 1. The molecule has 4 heterocycles. The number of pyridine rings is 1. The summed E-state index contributed by atoms with van der Waals surface area (Å²) in [6.45, 7) is 4.08. The van der Waals surface area contributed by atoms with Gasteiger partial charge in [-0.25, -0.2) is 14.3 Å². The maximum Gasteiger partial charge on any atom is 0.347 e. The molecule has 2 aromatic heterocycles. The molecule has 0 saturated carbocycles. The number of nitrogens with zero attached hydrogens (tertiary/aromatic N) is 4. The Kier molecular flexibility index (Phi) is 8.76. The molecule has 13 nitrogen and oxygen atoms in total. The first-order chi connectivity index (χ1) is 18.6. The summed E-state index contributed by atoms with van der Waals surface area (Å²) in [7, 11) is 0. The Morgan fingerprint density at radius 1 is 1.41 bits per heavy atom. The summed E-state index contributed by atoms with van der Waals surface area (Å²) >= 11 is 3.79. The van der Waals surface area contributed by atoms with Crippen molar-refractivity contribution in [3.8, 4) is 0 Å². The lowest BCUT2D eigenvalue weighted by molar-refractivity contribution is -0.693. The molecule has 2 aliphatic heterocycles. The third-order valence-corrected chi connectivity index (χ3v) is 8.91. The predicted octanol–water partition coefficient (Wildman–Crippen LogP) is -0.577. The van der Waals surface area contributed by atoms with Gasteiger partial charge in [0.2, 0.25) is 6.10 Å². The first kappa shape index (κ1) is 28.4. The van der Waals surface area contributed by atoms with Crippen molar-refractivity contribution in [2.45, 2.75) is 42.8 Å². The number of carbonyl (C=O) groups excluding carboxylic acids is 3. The zero-order valence-corrected chi connectivity index (χ0v) is 23.2. The SMILES string of the molecule is CC[n+]1ccc(SCC2=C(C(=O)[O-])N3C(=O)[C@@H](NC(=O)/C(=N\O[C@@H](C)C(=O)O)c4csc(N)n4)[C@H]3SC2)cc1. The van der Waals surface area contributed by atoms with Crippen LogP contribution in [0.3, 0.4) is 0 Å². The van der Waals surface area contributed by atoms with Gasteiger partial charge in [0.25, 0.3) is 11.8 Å². The van der Waals surface area contributed by atoms with Gasteiger partial charge in [0, 0.05) is 33.9 Å². The summed E-state index contributed by atoms with van der Waals surface area (Å²) in [6.07, 6.45) is 2.51. The number of carbonyl (C=O) groups is 4. The van der Waals surface area contributed by atoms with Gasteiger partial charge in [-0.1, -0.05) is 5.16 Å². The van der Waals surface area contributed by atoms with E-state index in [1.807, 2.05) is 36.0 Å². The lowest BCUT2D eigenvalue weighted by Crippen LogP contribution is -2.71. The molecule has 2 aliphatic rings. The van der Waals surface area contributed by atoms with Crippen LogP contribution in [-0.4, -0.2) is 73.5 Å². The summed E-state index contributed by atoms with van der Waals surface area (Å²) < 4.78 is 2.00. The highest BCUT2D eigenvalue weighted by molar-refractivity contribution is 8.01. The highest BCUT2D eigenvalue weighted by Gasteiger charge is 2.53. The van der Waals surface area contributed by atoms with E-state index in [0.717, 1.165) is 27.7 Å². The number of aryl methyl sites for hydroxylation is 1.